The van der Waals surface area contributed by atoms with E-state index in [2.05, 4.69) is 10.0 Å². The van der Waals surface area contributed by atoms with Gasteiger partial charge in [0, 0.05) is 7.05 Å². The molecule has 0 radical (unpaired) electrons. The van der Waals surface area contributed by atoms with Crippen molar-refractivity contribution in [3.63, 3.8) is 0 Å². The number of rotatable bonds is 6. The lowest BCUT2D eigenvalue weighted by molar-refractivity contribution is -0.122. The van der Waals surface area contributed by atoms with E-state index in [0.29, 0.717) is 6.42 Å². The fraction of sp³-hybridized carbons (Fsp3) is 0.462. The molecule has 19 heavy (non-hydrogen) atoms. The summed E-state index contributed by atoms with van der Waals surface area (Å²) < 4.78 is 26.8. The molecule has 1 atom stereocenters. The van der Waals surface area contributed by atoms with Crippen molar-refractivity contribution in [2.45, 2.75) is 31.2 Å². The predicted molar refractivity (Wildman–Crippen MR) is 74.1 cm³/mol. The van der Waals surface area contributed by atoms with E-state index in [1.807, 2.05) is 13.8 Å². The van der Waals surface area contributed by atoms with E-state index >= 15 is 0 Å². The van der Waals surface area contributed by atoms with Gasteiger partial charge in [0.05, 0.1) is 4.90 Å². The van der Waals surface area contributed by atoms with Gasteiger partial charge in [-0.25, -0.2) is 8.42 Å². The van der Waals surface area contributed by atoms with Gasteiger partial charge < -0.3 is 5.32 Å². The van der Waals surface area contributed by atoms with Crippen LogP contribution in [0.3, 0.4) is 0 Å². The maximum absolute atomic E-state index is 12.2. The highest BCUT2D eigenvalue weighted by Gasteiger charge is 2.25. The zero-order valence-electron chi connectivity index (χ0n) is 11.4. The molecule has 2 N–H and O–H groups in total. The van der Waals surface area contributed by atoms with Crippen LogP contribution in [0.5, 0.6) is 0 Å². The van der Waals surface area contributed by atoms with Crippen LogP contribution in [0, 0.1) is 5.92 Å². The quantitative estimate of drug-likeness (QED) is 0.822. The minimum Gasteiger partial charge on any atom is -0.358 e. The summed E-state index contributed by atoms with van der Waals surface area (Å²) in [6.07, 6.45) is 0.450. The van der Waals surface area contributed by atoms with Crippen LogP contribution in [0.4, 0.5) is 0 Å². The number of hydrogen-bond acceptors (Lipinski definition) is 3. The predicted octanol–water partition coefficient (Wildman–Crippen LogP) is 1.13. The molecular formula is C13H20N2O3S. The van der Waals surface area contributed by atoms with Gasteiger partial charge in [-0.05, 0) is 24.5 Å². The second-order valence-corrected chi connectivity index (χ2v) is 6.44. The van der Waals surface area contributed by atoms with E-state index in [4.69, 9.17) is 0 Å². The number of likely N-dealkylation sites (N-methyl/N-ethyl adjacent to an activating group) is 1. The first kappa shape index (κ1) is 15.7. The van der Waals surface area contributed by atoms with Gasteiger partial charge in [0.25, 0.3) is 0 Å². The second-order valence-electron chi connectivity index (χ2n) is 4.73. The van der Waals surface area contributed by atoms with Crippen molar-refractivity contribution in [2.75, 3.05) is 7.05 Å². The van der Waals surface area contributed by atoms with Gasteiger partial charge in [0.1, 0.15) is 6.04 Å². The van der Waals surface area contributed by atoms with E-state index in [-0.39, 0.29) is 16.7 Å². The Morgan fingerprint density at radius 2 is 1.79 bits per heavy atom. The van der Waals surface area contributed by atoms with Gasteiger partial charge in [-0.3, -0.25) is 4.79 Å². The summed E-state index contributed by atoms with van der Waals surface area (Å²) in [5.74, 6) is -0.117. The smallest absolute Gasteiger partial charge is 0.241 e. The summed E-state index contributed by atoms with van der Waals surface area (Å²) >= 11 is 0. The summed E-state index contributed by atoms with van der Waals surface area (Å²) in [5.41, 5.74) is 0. The van der Waals surface area contributed by atoms with Crippen molar-refractivity contribution in [3.8, 4) is 0 Å². The van der Waals surface area contributed by atoms with Gasteiger partial charge in [-0.15, -0.1) is 0 Å². The Hall–Kier alpha value is -1.40. The highest BCUT2D eigenvalue weighted by atomic mass is 32.2. The molecule has 0 spiro atoms. The van der Waals surface area contributed by atoms with Crippen LogP contribution in [0.25, 0.3) is 0 Å². The highest BCUT2D eigenvalue weighted by Crippen LogP contribution is 2.11. The van der Waals surface area contributed by atoms with Crippen molar-refractivity contribution in [1.29, 1.82) is 0 Å². The molecule has 0 bridgehead atoms. The zero-order chi connectivity index (χ0) is 14.5. The topological polar surface area (TPSA) is 75.3 Å². The first-order chi connectivity index (χ1) is 8.86. The minimum absolute atomic E-state index is 0.160. The average molecular weight is 284 g/mol. The summed E-state index contributed by atoms with van der Waals surface area (Å²) in [7, 11) is -2.18. The lowest BCUT2D eigenvalue weighted by atomic mass is 10.0. The van der Waals surface area contributed by atoms with Crippen LogP contribution in [-0.2, 0) is 14.8 Å². The SMILES string of the molecule is CNC(=O)C(CC(C)C)NS(=O)(=O)c1ccccc1. The fourth-order valence-electron chi connectivity index (χ4n) is 1.71. The van der Waals surface area contributed by atoms with Crippen LogP contribution in [0.15, 0.2) is 35.2 Å². The lowest BCUT2D eigenvalue weighted by Gasteiger charge is -2.19. The molecule has 0 aliphatic rings. The monoisotopic (exact) mass is 284 g/mol. The molecule has 0 saturated carbocycles. The molecule has 0 aromatic heterocycles. The normalized spacial score (nSPS) is 13.3. The van der Waals surface area contributed by atoms with Crippen molar-refractivity contribution in [2.24, 2.45) is 5.92 Å². The molecule has 1 aromatic carbocycles. The van der Waals surface area contributed by atoms with Gasteiger partial charge >= 0.3 is 0 Å². The Bertz CT molecular complexity index is 512. The Morgan fingerprint density at radius 3 is 2.26 bits per heavy atom. The summed E-state index contributed by atoms with van der Waals surface area (Å²) in [4.78, 5) is 11.9. The average Bonchev–Trinajstić information content (AvgIpc) is 2.37. The molecule has 0 aliphatic heterocycles. The number of carbonyl (C=O) groups is 1. The Labute approximate surface area is 114 Å². The Kier molecular flexibility index (Phi) is 5.50. The number of sulfonamides is 1. The molecule has 1 rings (SSSR count). The van der Waals surface area contributed by atoms with Crippen molar-refractivity contribution < 1.29 is 13.2 Å². The molecular weight excluding hydrogens is 264 g/mol. The lowest BCUT2D eigenvalue weighted by Crippen LogP contribution is -2.46. The van der Waals surface area contributed by atoms with Crippen LogP contribution < -0.4 is 10.0 Å². The highest BCUT2D eigenvalue weighted by molar-refractivity contribution is 7.89. The molecule has 1 amide bonds. The maximum atomic E-state index is 12.2. The summed E-state index contributed by atoms with van der Waals surface area (Å²) in [6.45, 7) is 3.87. The Balaban J connectivity index is 2.92. The number of carbonyl (C=O) groups excluding carboxylic acids is 1. The largest absolute Gasteiger partial charge is 0.358 e. The first-order valence-corrected chi connectivity index (χ1v) is 7.64. The van der Waals surface area contributed by atoms with Crippen LogP contribution in [0.1, 0.15) is 20.3 Å². The third-order valence-electron chi connectivity index (χ3n) is 2.62. The number of benzene rings is 1. The van der Waals surface area contributed by atoms with E-state index in [0.717, 1.165) is 0 Å². The third kappa shape index (κ3) is 4.65. The molecule has 1 unspecified atom stereocenters. The van der Waals surface area contributed by atoms with E-state index < -0.39 is 16.1 Å². The third-order valence-corrected chi connectivity index (χ3v) is 4.11. The first-order valence-electron chi connectivity index (χ1n) is 6.15. The van der Waals surface area contributed by atoms with Gasteiger partial charge in [0.15, 0.2) is 0 Å². The molecule has 106 valence electrons. The standard InChI is InChI=1S/C13H20N2O3S/c1-10(2)9-12(13(16)14-3)15-19(17,18)11-7-5-4-6-8-11/h4-8,10,12,15H,9H2,1-3H3,(H,14,16). The van der Waals surface area contributed by atoms with Crippen LogP contribution in [-0.4, -0.2) is 27.4 Å². The van der Waals surface area contributed by atoms with Gasteiger partial charge in [-0.2, -0.15) is 4.72 Å². The zero-order valence-corrected chi connectivity index (χ0v) is 12.2. The van der Waals surface area contributed by atoms with Crippen LogP contribution in [0.2, 0.25) is 0 Å². The number of amides is 1. The van der Waals surface area contributed by atoms with Crippen molar-refractivity contribution in [1.82, 2.24) is 10.0 Å². The molecule has 0 saturated heterocycles. The maximum Gasteiger partial charge on any atom is 0.241 e. The molecule has 6 heteroatoms. The molecule has 0 fully saturated rings. The minimum atomic E-state index is -3.67. The molecule has 1 aromatic rings. The van der Waals surface area contributed by atoms with E-state index in [9.17, 15) is 13.2 Å². The molecule has 0 heterocycles. The van der Waals surface area contributed by atoms with Crippen molar-refractivity contribution >= 4 is 15.9 Å². The van der Waals surface area contributed by atoms with Crippen LogP contribution >= 0.6 is 0 Å². The van der Waals surface area contributed by atoms with E-state index in [1.165, 1.54) is 19.2 Å². The second kappa shape index (κ2) is 6.68. The van der Waals surface area contributed by atoms with Gasteiger partial charge in [0.2, 0.25) is 15.9 Å². The Morgan fingerprint density at radius 1 is 1.21 bits per heavy atom. The number of hydrogen-bond donors (Lipinski definition) is 2. The van der Waals surface area contributed by atoms with Crippen molar-refractivity contribution in [3.05, 3.63) is 30.3 Å². The number of nitrogens with one attached hydrogen (secondary N) is 2. The molecule has 0 aliphatic carbocycles. The van der Waals surface area contributed by atoms with E-state index in [1.54, 1.807) is 18.2 Å². The van der Waals surface area contributed by atoms with Gasteiger partial charge in [-0.1, -0.05) is 32.0 Å². The summed E-state index contributed by atoms with van der Waals surface area (Å²) in [5, 5.41) is 2.48. The molecule has 5 nitrogen and oxygen atoms in total. The fourth-order valence-corrected chi connectivity index (χ4v) is 2.94. The summed E-state index contributed by atoms with van der Waals surface area (Å²) in [6, 6.07) is 7.27.